The van der Waals surface area contributed by atoms with Crippen molar-refractivity contribution < 1.29 is 19.4 Å². The molecule has 30 heavy (non-hydrogen) atoms. The minimum absolute atomic E-state index is 0.0738. The van der Waals surface area contributed by atoms with Crippen molar-refractivity contribution >= 4 is 5.97 Å². The largest absolute Gasteiger partial charge is 0.507 e. The zero-order chi connectivity index (χ0) is 22.7. The summed E-state index contributed by atoms with van der Waals surface area (Å²) in [6, 6.07) is 1.78. The summed E-state index contributed by atoms with van der Waals surface area (Å²) in [5.41, 5.74) is 5.56. The summed E-state index contributed by atoms with van der Waals surface area (Å²) in [6.07, 6.45) is 12.0. The second-order valence-electron chi connectivity index (χ2n) is 8.13. The second-order valence-corrected chi connectivity index (χ2v) is 8.13. The molecule has 0 spiro atoms. The number of rotatable bonds is 11. The first-order valence-electron chi connectivity index (χ1n) is 10.7. The predicted molar refractivity (Wildman–Crippen MR) is 124 cm³/mol. The highest BCUT2D eigenvalue weighted by Gasteiger charge is 2.20. The maximum Gasteiger partial charge on any atom is 0.341 e. The molecular weight excluding hydrogens is 376 g/mol. The molecule has 0 saturated heterocycles. The molecule has 1 rings (SSSR count). The second kappa shape index (κ2) is 12.9. The third-order valence-electron chi connectivity index (χ3n) is 5.08. The molecule has 0 amide bonds. The summed E-state index contributed by atoms with van der Waals surface area (Å²) in [4.78, 5) is 11.8. The smallest absolute Gasteiger partial charge is 0.341 e. The number of benzene rings is 1. The lowest BCUT2D eigenvalue weighted by molar-refractivity contribution is 0.0596. The quantitative estimate of drug-likeness (QED) is 0.241. The van der Waals surface area contributed by atoms with Gasteiger partial charge in [-0.05, 0) is 85.3 Å². The van der Waals surface area contributed by atoms with Gasteiger partial charge in [0.25, 0.3) is 0 Å². The fourth-order valence-electron chi connectivity index (χ4n) is 3.19. The Morgan fingerprint density at radius 1 is 0.967 bits per heavy atom. The minimum Gasteiger partial charge on any atom is -0.507 e. The average Bonchev–Trinajstić information content (AvgIpc) is 2.68. The summed E-state index contributed by atoms with van der Waals surface area (Å²) in [7, 11) is 1.30. The first-order chi connectivity index (χ1) is 14.2. The van der Waals surface area contributed by atoms with E-state index in [4.69, 9.17) is 9.47 Å². The Morgan fingerprint density at radius 2 is 1.53 bits per heavy atom. The lowest BCUT2D eigenvalue weighted by Gasteiger charge is -2.14. The number of ether oxygens (including phenoxy) is 2. The molecule has 4 heteroatoms. The van der Waals surface area contributed by atoms with Crippen LogP contribution in [0.2, 0.25) is 0 Å². The SMILES string of the molecule is COC(=O)c1c(C)cc(OCCC=C(C)CCC=C(C)CCC=C(C)C)c(C)c1O. The molecule has 0 fully saturated rings. The van der Waals surface area contributed by atoms with Gasteiger partial charge in [0.2, 0.25) is 0 Å². The molecule has 0 atom stereocenters. The molecule has 0 aliphatic heterocycles. The van der Waals surface area contributed by atoms with Crippen molar-refractivity contribution in [2.45, 2.75) is 73.6 Å². The first-order valence-corrected chi connectivity index (χ1v) is 10.7. The Kier molecular flexibility index (Phi) is 11.0. The Morgan fingerprint density at radius 3 is 2.10 bits per heavy atom. The van der Waals surface area contributed by atoms with Crippen molar-refractivity contribution in [2.24, 2.45) is 0 Å². The van der Waals surface area contributed by atoms with Crippen LogP contribution in [-0.4, -0.2) is 24.8 Å². The van der Waals surface area contributed by atoms with Gasteiger partial charge in [0.15, 0.2) is 0 Å². The van der Waals surface area contributed by atoms with E-state index in [1.165, 1.54) is 23.8 Å². The van der Waals surface area contributed by atoms with E-state index in [2.05, 4.69) is 45.9 Å². The molecular formula is C26H38O4. The number of aromatic hydroxyl groups is 1. The van der Waals surface area contributed by atoms with Gasteiger partial charge in [-0.15, -0.1) is 0 Å². The Labute approximate surface area is 182 Å². The maximum absolute atomic E-state index is 11.8. The molecule has 0 radical (unpaired) electrons. The van der Waals surface area contributed by atoms with Crippen LogP contribution >= 0.6 is 0 Å². The van der Waals surface area contributed by atoms with Crippen molar-refractivity contribution in [3.8, 4) is 11.5 Å². The normalized spacial score (nSPS) is 12.0. The van der Waals surface area contributed by atoms with Crippen molar-refractivity contribution in [3.05, 3.63) is 57.7 Å². The van der Waals surface area contributed by atoms with Gasteiger partial charge in [-0.3, -0.25) is 0 Å². The van der Waals surface area contributed by atoms with Gasteiger partial charge >= 0.3 is 5.97 Å². The van der Waals surface area contributed by atoms with Crippen molar-refractivity contribution in [1.29, 1.82) is 0 Å². The molecule has 0 aromatic heterocycles. The summed E-state index contributed by atoms with van der Waals surface area (Å²) >= 11 is 0. The van der Waals surface area contributed by atoms with Crippen LogP contribution in [0.25, 0.3) is 0 Å². The van der Waals surface area contributed by atoms with Crippen LogP contribution in [0.1, 0.15) is 81.3 Å². The number of esters is 1. The average molecular weight is 415 g/mol. The van der Waals surface area contributed by atoms with E-state index in [1.54, 1.807) is 19.9 Å². The molecule has 1 N–H and O–H groups in total. The van der Waals surface area contributed by atoms with E-state index < -0.39 is 5.97 Å². The van der Waals surface area contributed by atoms with E-state index in [9.17, 15) is 9.90 Å². The van der Waals surface area contributed by atoms with Crippen LogP contribution in [0.4, 0.5) is 0 Å². The number of phenols is 1. The lowest BCUT2D eigenvalue weighted by Crippen LogP contribution is -2.07. The standard InChI is InChI=1S/C26H38O4/c1-18(2)11-8-12-19(3)13-9-14-20(4)15-10-16-30-23-17-21(5)24(26(28)29-7)25(27)22(23)6/h11,13,15,17,27H,8-10,12,14,16H2,1-7H3. The van der Waals surface area contributed by atoms with Crippen LogP contribution in [0, 0.1) is 13.8 Å². The summed E-state index contributed by atoms with van der Waals surface area (Å²) < 4.78 is 10.6. The van der Waals surface area contributed by atoms with Crippen molar-refractivity contribution in [1.82, 2.24) is 0 Å². The van der Waals surface area contributed by atoms with E-state index in [0.29, 0.717) is 23.5 Å². The minimum atomic E-state index is -0.542. The Bertz CT molecular complexity index is 809. The fourth-order valence-corrected chi connectivity index (χ4v) is 3.19. The zero-order valence-electron chi connectivity index (χ0n) is 19.7. The molecule has 0 saturated carbocycles. The molecule has 4 nitrogen and oxygen atoms in total. The maximum atomic E-state index is 11.8. The molecule has 166 valence electrons. The molecule has 0 bridgehead atoms. The number of aryl methyl sites for hydroxylation is 1. The number of carbonyl (C=O) groups excluding carboxylic acids is 1. The van der Waals surface area contributed by atoms with Crippen LogP contribution in [-0.2, 0) is 4.74 Å². The highest BCUT2D eigenvalue weighted by atomic mass is 16.5. The van der Waals surface area contributed by atoms with Crippen LogP contribution in [0.15, 0.2) is 41.0 Å². The van der Waals surface area contributed by atoms with Gasteiger partial charge in [-0.1, -0.05) is 34.9 Å². The molecule has 0 aliphatic carbocycles. The van der Waals surface area contributed by atoms with Crippen molar-refractivity contribution in [2.75, 3.05) is 13.7 Å². The van der Waals surface area contributed by atoms with Crippen LogP contribution < -0.4 is 4.74 Å². The van der Waals surface area contributed by atoms with E-state index in [-0.39, 0.29) is 11.3 Å². The Balaban J connectivity index is 2.51. The summed E-state index contributed by atoms with van der Waals surface area (Å²) in [5.74, 6) is -0.0200. The molecule has 0 aliphatic rings. The van der Waals surface area contributed by atoms with Gasteiger partial charge in [-0.2, -0.15) is 0 Å². The van der Waals surface area contributed by atoms with E-state index >= 15 is 0 Å². The summed E-state index contributed by atoms with van der Waals surface area (Å²) in [5, 5.41) is 10.3. The van der Waals surface area contributed by atoms with Crippen molar-refractivity contribution in [3.63, 3.8) is 0 Å². The van der Waals surface area contributed by atoms with Gasteiger partial charge in [0.1, 0.15) is 17.1 Å². The number of allylic oxidation sites excluding steroid dienone is 5. The Hall–Kier alpha value is -2.49. The predicted octanol–water partition coefficient (Wildman–Crippen LogP) is 6.98. The van der Waals surface area contributed by atoms with Crippen LogP contribution in [0.5, 0.6) is 11.5 Å². The van der Waals surface area contributed by atoms with E-state index in [0.717, 1.165) is 32.1 Å². The fraction of sp³-hybridized carbons (Fsp3) is 0.500. The molecule has 0 unspecified atom stereocenters. The summed E-state index contributed by atoms with van der Waals surface area (Å²) in [6.45, 7) is 12.7. The van der Waals surface area contributed by atoms with Gasteiger partial charge < -0.3 is 14.6 Å². The molecule has 1 aromatic carbocycles. The monoisotopic (exact) mass is 414 g/mol. The number of hydrogen-bond donors (Lipinski definition) is 1. The van der Waals surface area contributed by atoms with Crippen LogP contribution in [0.3, 0.4) is 0 Å². The third kappa shape index (κ3) is 8.48. The first kappa shape index (κ1) is 25.5. The number of hydrogen-bond acceptors (Lipinski definition) is 4. The lowest BCUT2D eigenvalue weighted by atomic mass is 10.0. The number of carbonyl (C=O) groups is 1. The third-order valence-corrected chi connectivity index (χ3v) is 5.08. The van der Waals surface area contributed by atoms with Gasteiger partial charge in [-0.25, -0.2) is 4.79 Å². The zero-order valence-corrected chi connectivity index (χ0v) is 19.7. The highest BCUT2D eigenvalue weighted by molar-refractivity contribution is 5.95. The number of methoxy groups -OCH3 is 1. The van der Waals surface area contributed by atoms with E-state index in [1.807, 2.05) is 0 Å². The molecule has 0 heterocycles. The van der Waals surface area contributed by atoms with Gasteiger partial charge in [0, 0.05) is 5.56 Å². The topological polar surface area (TPSA) is 55.8 Å². The number of phenolic OH excluding ortho intramolecular Hbond substituents is 1. The van der Waals surface area contributed by atoms with Gasteiger partial charge in [0.05, 0.1) is 13.7 Å². The highest BCUT2D eigenvalue weighted by Crippen LogP contribution is 2.34. The molecule has 1 aromatic rings.